The molecule has 4 nitrogen and oxygen atoms in total. The third-order valence-electron chi connectivity index (χ3n) is 4.39. The summed E-state index contributed by atoms with van der Waals surface area (Å²) in [5.74, 6) is -0.338. The van der Waals surface area contributed by atoms with Crippen molar-refractivity contribution in [2.24, 2.45) is 0 Å². The van der Waals surface area contributed by atoms with Crippen molar-refractivity contribution in [2.45, 2.75) is 6.61 Å². The predicted octanol–water partition coefficient (Wildman–Crippen LogP) is 4.05. The molecule has 1 aliphatic rings. The first-order chi connectivity index (χ1) is 11.3. The smallest absolute Gasteiger partial charge is 0.357 e. The summed E-state index contributed by atoms with van der Waals surface area (Å²) in [6.07, 6.45) is 1.71. The van der Waals surface area contributed by atoms with Gasteiger partial charge in [-0.05, 0) is 23.3 Å². The Morgan fingerprint density at radius 2 is 1.87 bits per heavy atom. The zero-order valence-corrected chi connectivity index (χ0v) is 12.2. The van der Waals surface area contributed by atoms with Crippen LogP contribution in [0.3, 0.4) is 0 Å². The van der Waals surface area contributed by atoms with Gasteiger partial charge in [0.2, 0.25) is 0 Å². The summed E-state index contributed by atoms with van der Waals surface area (Å²) in [5.41, 5.74) is 5.60. The number of ether oxygens (including phenoxy) is 1. The van der Waals surface area contributed by atoms with Crippen molar-refractivity contribution in [3.8, 4) is 11.1 Å². The van der Waals surface area contributed by atoms with Gasteiger partial charge in [0.05, 0.1) is 11.7 Å². The molecule has 3 heterocycles. The molecule has 0 fully saturated rings. The Bertz CT molecular complexity index is 1080. The summed E-state index contributed by atoms with van der Waals surface area (Å²) >= 11 is 0. The van der Waals surface area contributed by atoms with E-state index in [2.05, 4.69) is 40.3 Å². The van der Waals surface area contributed by atoms with Crippen LogP contribution in [0.15, 0.2) is 54.7 Å². The van der Waals surface area contributed by atoms with E-state index < -0.39 is 0 Å². The van der Waals surface area contributed by atoms with E-state index >= 15 is 0 Å². The van der Waals surface area contributed by atoms with Gasteiger partial charge in [-0.3, -0.25) is 0 Å². The minimum absolute atomic E-state index is 0.293. The van der Waals surface area contributed by atoms with Gasteiger partial charge in [0, 0.05) is 21.9 Å². The molecule has 1 aliphatic heterocycles. The number of carbonyl (C=O) groups is 1. The average molecular weight is 300 g/mol. The highest BCUT2D eigenvalue weighted by Gasteiger charge is 2.26. The normalized spacial score (nSPS) is 13.5. The number of nitrogens with one attached hydrogen (secondary N) is 1. The summed E-state index contributed by atoms with van der Waals surface area (Å²) in [6.45, 7) is 0.293. The van der Waals surface area contributed by atoms with Gasteiger partial charge < -0.3 is 9.72 Å². The number of hydrogen-bond acceptors (Lipinski definition) is 3. The van der Waals surface area contributed by atoms with Crippen LogP contribution in [0.5, 0.6) is 0 Å². The third kappa shape index (κ3) is 1.72. The van der Waals surface area contributed by atoms with Crippen molar-refractivity contribution in [1.82, 2.24) is 9.97 Å². The maximum atomic E-state index is 11.8. The fourth-order valence-electron chi connectivity index (χ4n) is 3.29. The van der Waals surface area contributed by atoms with Gasteiger partial charge in [-0.15, -0.1) is 0 Å². The molecule has 0 atom stereocenters. The lowest BCUT2D eigenvalue weighted by molar-refractivity contribution is 0.0531. The van der Waals surface area contributed by atoms with Crippen LogP contribution in [0.25, 0.3) is 32.9 Å². The Morgan fingerprint density at radius 3 is 2.74 bits per heavy atom. The lowest BCUT2D eigenvalue weighted by Gasteiger charge is -2.02. The molecule has 0 bridgehead atoms. The van der Waals surface area contributed by atoms with Gasteiger partial charge in [0.15, 0.2) is 5.69 Å². The topological polar surface area (TPSA) is 55.0 Å². The molecule has 4 heteroatoms. The van der Waals surface area contributed by atoms with Crippen molar-refractivity contribution >= 4 is 27.8 Å². The Hall–Kier alpha value is -3.14. The van der Waals surface area contributed by atoms with Crippen LogP contribution in [0.2, 0.25) is 0 Å². The molecule has 2 aromatic heterocycles. The summed E-state index contributed by atoms with van der Waals surface area (Å²) in [6, 6.07) is 16.6. The van der Waals surface area contributed by atoms with E-state index in [9.17, 15) is 4.79 Å². The SMILES string of the molecule is O=C1OCc2c1ncc1[nH]c3ccc(-c4ccccc4)cc3c21. The average Bonchev–Trinajstić information content (AvgIpc) is 3.15. The summed E-state index contributed by atoms with van der Waals surface area (Å²) in [7, 11) is 0. The lowest BCUT2D eigenvalue weighted by Crippen LogP contribution is -1.96. The highest BCUT2D eigenvalue weighted by molar-refractivity contribution is 6.12. The minimum Gasteiger partial charge on any atom is -0.456 e. The number of fused-ring (bicyclic) bond motifs is 5. The lowest BCUT2D eigenvalue weighted by atomic mass is 10.0. The van der Waals surface area contributed by atoms with Crippen molar-refractivity contribution in [1.29, 1.82) is 0 Å². The Balaban J connectivity index is 1.85. The zero-order valence-electron chi connectivity index (χ0n) is 12.2. The van der Waals surface area contributed by atoms with Crippen LogP contribution in [-0.4, -0.2) is 15.9 Å². The molecule has 2 aromatic carbocycles. The molecule has 1 N–H and O–H groups in total. The van der Waals surface area contributed by atoms with Crippen molar-refractivity contribution in [2.75, 3.05) is 0 Å². The van der Waals surface area contributed by atoms with Crippen LogP contribution in [0, 0.1) is 0 Å². The Kier molecular flexibility index (Phi) is 2.39. The van der Waals surface area contributed by atoms with E-state index in [4.69, 9.17) is 4.74 Å². The fraction of sp³-hybridized carbons (Fsp3) is 0.0526. The van der Waals surface area contributed by atoms with Gasteiger partial charge in [-0.2, -0.15) is 0 Å². The number of aromatic nitrogens is 2. The predicted molar refractivity (Wildman–Crippen MR) is 88.2 cm³/mol. The molecular weight excluding hydrogens is 288 g/mol. The van der Waals surface area contributed by atoms with E-state index in [0.29, 0.717) is 12.3 Å². The van der Waals surface area contributed by atoms with Crippen molar-refractivity contribution < 1.29 is 9.53 Å². The molecule has 0 saturated heterocycles. The Labute approximate surface area is 131 Å². The van der Waals surface area contributed by atoms with Crippen molar-refractivity contribution in [3.63, 3.8) is 0 Å². The molecule has 0 saturated carbocycles. The Morgan fingerprint density at radius 1 is 1.00 bits per heavy atom. The van der Waals surface area contributed by atoms with E-state index in [-0.39, 0.29) is 5.97 Å². The number of pyridine rings is 1. The molecule has 23 heavy (non-hydrogen) atoms. The molecule has 0 spiro atoms. The van der Waals surface area contributed by atoms with Crippen LogP contribution < -0.4 is 0 Å². The molecule has 4 aromatic rings. The van der Waals surface area contributed by atoms with Gasteiger partial charge in [-0.1, -0.05) is 36.4 Å². The number of hydrogen-bond donors (Lipinski definition) is 1. The second-order valence-electron chi connectivity index (χ2n) is 5.70. The monoisotopic (exact) mass is 300 g/mol. The van der Waals surface area contributed by atoms with Crippen LogP contribution >= 0.6 is 0 Å². The van der Waals surface area contributed by atoms with E-state index in [1.54, 1.807) is 6.20 Å². The molecule has 110 valence electrons. The van der Waals surface area contributed by atoms with E-state index in [1.807, 2.05) is 18.2 Å². The van der Waals surface area contributed by atoms with Crippen molar-refractivity contribution in [3.05, 3.63) is 66.0 Å². The largest absolute Gasteiger partial charge is 0.456 e. The maximum absolute atomic E-state index is 11.8. The number of rotatable bonds is 1. The second kappa shape index (κ2) is 4.43. The molecule has 0 aliphatic carbocycles. The van der Waals surface area contributed by atoms with E-state index in [1.165, 1.54) is 5.56 Å². The van der Waals surface area contributed by atoms with Crippen LogP contribution in [0.4, 0.5) is 0 Å². The molecule has 5 rings (SSSR count). The molecule has 0 radical (unpaired) electrons. The quantitative estimate of drug-likeness (QED) is 0.539. The van der Waals surface area contributed by atoms with Gasteiger partial charge in [0.1, 0.15) is 6.61 Å². The fourth-order valence-corrected chi connectivity index (χ4v) is 3.29. The zero-order chi connectivity index (χ0) is 15.4. The van der Waals surface area contributed by atoms with Crippen LogP contribution in [0.1, 0.15) is 16.1 Å². The van der Waals surface area contributed by atoms with Gasteiger partial charge in [-0.25, -0.2) is 9.78 Å². The van der Waals surface area contributed by atoms with Crippen LogP contribution in [-0.2, 0) is 11.3 Å². The first-order valence-corrected chi connectivity index (χ1v) is 7.47. The minimum atomic E-state index is -0.338. The number of cyclic esters (lactones) is 1. The summed E-state index contributed by atoms with van der Waals surface area (Å²) in [4.78, 5) is 19.4. The van der Waals surface area contributed by atoms with Gasteiger partial charge in [0.25, 0.3) is 0 Å². The number of esters is 1. The number of H-pyrrole nitrogens is 1. The standard InChI is InChI=1S/C19H12N2O2/c22-19-18-14(10-23-19)17-13-8-12(11-4-2-1-3-5-11)6-7-15(13)21-16(17)9-20-18/h1-9,21H,10H2. The van der Waals surface area contributed by atoms with E-state index in [0.717, 1.165) is 32.9 Å². The second-order valence-corrected chi connectivity index (χ2v) is 5.70. The maximum Gasteiger partial charge on any atom is 0.357 e. The number of nitrogens with zero attached hydrogens (tertiary/aromatic N) is 1. The molecular formula is C19H12N2O2. The summed E-state index contributed by atoms with van der Waals surface area (Å²) < 4.78 is 5.15. The third-order valence-corrected chi connectivity index (χ3v) is 4.39. The summed E-state index contributed by atoms with van der Waals surface area (Å²) in [5, 5.41) is 2.13. The highest BCUT2D eigenvalue weighted by atomic mass is 16.5. The number of aromatic amines is 1. The van der Waals surface area contributed by atoms with Gasteiger partial charge >= 0.3 is 5.97 Å². The first kappa shape index (κ1) is 12.4. The molecule has 0 amide bonds. The highest BCUT2D eigenvalue weighted by Crippen LogP contribution is 2.35. The number of carbonyl (C=O) groups excluding carboxylic acids is 1. The number of benzene rings is 2. The molecule has 0 unspecified atom stereocenters. The first-order valence-electron chi connectivity index (χ1n) is 7.47.